The summed E-state index contributed by atoms with van der Waals surface area (Å²) < 4.78 is 32.3. The Morgan fingerprint density at radius 2 is 1.96 bits per heavy atom. The summed E-state index contributed by atoms with van der Waals surface area (Å²) in [6.45, 7) is 1.47. The smallest absolute Gasteiger partial charge is 0.242 e. The van der Waals surface area contributed by atoms with E-state index in [1.54, 1.807) is 17.8 Å². The number of benzene rings is 2. The maximum absolute atomic E-state index is 12.5. The van der Waals surface area contributed by atoms with Crippen molar-refractivity contribution in [1.82, 2.24) is 4.72 Å². The summed E-state index contributed by atoms with van der Waals surface area (Å²) in [4.78, 5) is 13.2. The number of rotatable bonds is 7. The normalized spacial score (nSPS) is 12.5. The van der Waals surface area contributed by atoms with Gasteiger partial charge in [0.2, 0.25) is 15.9 Å². The second kappa shape index (κ2) is 8.77. The van der Waals surface area contributed by atoms with Crippen LogP contribution in [0.5, 0.6) is 5.75 Å². The molecule has 2 aromatic carbocycles. The molecule has 0 radical (unpaired) electrons. The van der Waals surface area contributed by atoms with Gasteiger partial charge in [0.1, 0.15) is 5.75 Å². The van der Waals surface area contributed by atoms with Crippen molar-refractivity contribution in [2.24, 2.45) is 0 Å². The van der Waals surface area contributed by atoms with E-state index < -0.39 is 22.0 Å². The van der Waals surface area contributed by atoms with Crippen LogP contribution >= 0.6 is 23.4 Å². The number of amides is 1. The first kappa shape index (κ1) is 20.6. The Hall–Kier alpha value is -1.74. The number of anilines is 1. The Balaban J connectivity index is 2.10. The van der Waals surface area contributed by atoms with E-state index in [9.17, 15) is 13.2 Å². The molecular weight excluding hydrogens is 396 g/mol. The third kappa shape index (κ3) is 5.14. The molecule has 0 unspecified atom stereocenters. The molecule has 1 amide bonds. The van der Waals surface area contributed by atoms with Crippen molar-refractivity contribution in [1.29, 1.82) is 0 Å². The minimum atomic E-state index is -3.91. The van der Waals surface area contributed by atoms with E-state index in [1.807, 2.05) is 24.5 Å². The first-order valence-electron chi connectivity index (χ1n) is 7.57. The second-order valence-electron chi connectivity index (χ2n) is 5.36. The Bertz CT molecular complexity index is 903. The molecule has 0 aliphatic heterocycles. The number of halogens is 1. The number of sulfonamides is 1. The van der Waals surface area contributed by atoms with Crippen LogP contribution in [0.1, 0.15) is 6.92 Å². The van der Waals surface area contributed by atoms with Gasteiger partial charge in [-0.05, 0) is 49.6 Å². The van der Waals surface area contributed by atoms with Gasteiger partial charge in [-0.25, -0.2) is 8.42 Å². The molecule has 26 heavy (non-hydrogen) atoms. The van der Waals surface area contributed by atoms with Gasteiger partial charge in [0, 0.05) is 10.6 Å². The third-order valence-electron chi connectivity index (χ3n) is 3.50. The van der Waals surface area contributed by atoms with Crippen molar-refractivity contribution in [3.8, 4) is 5.75 Å². The number of methoxy groups -OCH3 is 1. The maximum atomic E-state index is 12.5. The average molecular weight is 415 g/mol. The van der Waals surface area contributed by atoms with Gasteiger partial charge in [-0.1, -0.05) is 17.7 Å². The molecule has 1 atom stereocenters. The number of hydrogen-bond acceptors (Lipinski definition) is 5. The molecule has 0 aromatic heterocycles. The first-order valence-corrected chi connectivity index (χ1v) is 10.7. The second-order valence-corrected chi connectivity index (χ2v) is 8.36. The minimum absolute atomic E-state index is 0.0488. The number of hydrogen-bond donors (Lipinski definition) is 2. The molecule has 2 rings (SSSR count). The van der Waals surface area contributed by atoms with Crippen LogP contribution in [0.3, 0.4) is 0 Å². The van der Waals surface area contributed by atoms with Crippen molar-refractivity contribution in [2.45, 2.75) is 22.8 Å². The third-order valence-corrected chi connectivity index (χ3v) is 6.06. The van der Waals surface area contributed by atoms with E-state index in [0.29, 0.717) is 11.4 Å². The zero-order valence-corrected chi connectivity index (χ0v) is 16.8. The fraction of sp³-hybridized carbons (Fsp3) is 0.235. The van der Waals surface area contributed by atoms with E-state index in [-0.39, 0.29) is 9.92 Å². The van der Waals surface area contributed by atoms with Crippen LogP contribution in [0.2, 0.25) is 5.02 Å². The molecule has 0 saturated carbocycles. The topological polar surface area (TPSA) is 84.5 Å². The van der Waals surface area contributed by atoms with Gasteiger partial charge < -0.3 is 10.1 Å². The number of ether oxygens (including phenoxy) is 1. The lowest BCUT2D eigenvalue weighted by molar-refractivity contribution is -0.117. The molecule has 2 aromatic rings. The van der Waals surface area contributed by atoms with E-state index in [0.717, 1.165) is 4.90 Å². The fourth-order valence-corrected chi connectivity index (χ4v) is 4.13. The van der Waals surface area contributed by atoms with Crippen molar-refractivity contribution < 1.29 is 17.9 Å². The monoisotopic (exact) mass is 414 g/mol. The summed E-state index contributed by atoms with van der Waals surface area (Å²) in [6, 6.07) is 10.4. The Labute approximate surface area is 162 Å². The van der Waals surface area contributed by atoms with Crippen LogP contribution in [0.15, 0.2) is 52.3 Å². The average Bonchev–Trinajstić information content (AvgIpc) is 2.61. The minimum Gasteiger partial charge on any atom is -0.495 e. The molecule has 0 saturated heterocycles. The Morgan fingerprint density at radius 1 is 1.23 bits per heavy atom. The highest BCUT2D eigenvalue weighted by atomic mass is 35.5. The van der Waals surface area contributed by atoms with Crippen molar-refractivity contribution in [3.05, 3.63) is 47.5 Å². The van der Waals surface area contributed by atoms with Gasteiger partial charge in [0.25, 0.3) is 0 Å². The van der Waals surface area contributed by atoms with Gasteiger partial charge in [0.15, 0.2) is 0 Å². The van der Waals surface area contributed by atoms with Gasteiger partial charge in [-0.15, -0.1) is 11.8 Å². The fourth-order valence-electron chi connectivity index (χ4n) is 2.12. The van der Waals surface area contributed by atoms with Crippen molar-refractivity contribution in [3.63, 3.8) is 0 Å². The van der Waals surface area contributed by atoms with Crippen LogP contribution < -0.4 is 14.8 Å². The molecule has 140 valence electrons. The molecule has 0 heterocycles. The summed E-state index contributed by atoms with van der Waals surface area (Å²) in [6.07, 6.45) is 1.93. The van der Waals surface area contributed by atoms with Gasteiger partial charge >= 0.3 is 0 Å². The zero-order valence-electron chi connectivity index (χ0n) is 14.4. The number of nitrogens with one attached hydrogen (secondary N) is 2. The molecule has 0 aliphatic carbocycles. The van der Waals surface area contributed by atoms with Crippen LogP contribution in [-0.4, -0.2) is 33.7 Å². The van der Waals surface area contributed by atoms with Crippen molar-refractivity contribution >= 4 is 45.0 Å². The quantitative estimate of drug-likeness (QED) is 0.678. The van der Waals surface area contributed by atoms with Gasteiger partial charge in [-0.3, -0.25) is 4.79 Å². The lowest BCUT2D eigenvalue weighted by atomic mass is 10.3. The van der Waals surface area contributed by atoms with Crippen LogP contribution in [-0.2, 0) is 14.8 Å². The molecule has 0 spiro atoms. The van der Waals surface area contributed by atoms with Gasteiger partial charge in [0.05, 0.1) is 23.1 Å². The first-order chi connectivity index (χ1) is 12.3. The zero-order chi connectivity index (χ0) is 19.3. The summed E-state index contributed by atoms with van der Waals surface area (Å²) in [5.41, 5.74) is 0.598. The molecule has 9 heteroatoms. The summed E-state index contributed by atoms with van der Waals surface area (Å²) >= 11 is 7.52. The van der Waals surface area contributed by atoms with E-state index in [1.165, 1.54) is 32.2 Å². The number of carbonyl (C=O) groups excluding carboxylic acids is 1. The Morgan fingerprint density at radius 3 is 2.58 bits per heavy atom. The predicted octanol–water partition coefficient (Wildman–Crippen LogP) is 3.38. The maximum Gasteiger partial charge on any atom is 0.242 e. The highest BCUT2D eigenvalue weighted by Crippen LogP contribution is 2.27. The van der Waals surface area contributed by atoms with Crippen LogP contribution in [0, 0.1) is 0 Å². The lowest BCUT2D eigenvalue weighted by Crippen LogP contribution is -2.41. The van der Waals surface area contributed by atoms with E-state index in [4.69, 9.17) is 16.3 Å². The lowest BCUT2D eigenvalue weighted by Gasteiger charge is -2.15. The molecule has 0 bridgehead atoms. The van der Waals surface area contributed by atoms with Gasteiger partial charge in [-0.2, -0.15) is 4.72 Å². The summed E-state index contributed by atoms with van der Waals surface area (Å²) in [5, 5.41) is 2.86. The van der Waals surface area contributed by atoms with E-state index >= 15 is 0 Å². The number of carbonyl (C=O) groups is 1. The highest BCUT2D eigenvalue weighted by molar-refractivity contribution is 7.98. The predicted molar refractivity (Wildman–Crippen MR) is 105 cm³/mol. The molecule has 2 N–H and O–H groups in total. The highest BCUT2D eigenvalue weighted by Gasteiger charge is 2.23. The summed E-state index contributed by atoms with van der Waals surface area (Å²) in [5.74, 6) is -0.100. The van der Waals surface area contributed by atoms with Crippen LogP contribution in [0.25, 0.3) is 0 Å². The molecule has 0 fully saturated rings. The van der Waals surface area contributed by atoms with Crippen molar-refractivity contribution in [2.75, 3.05) is 18.7 Å². The molecule has 0 aliphatic rings. The Kier molecular flexibility index (Phi) is 6.94. The SMILES string of the molecule is COc1ccc(S(=O)(=O)N[C@H](C)C(=O)Nc2cccc(SC)c2)cc1Cl. The largest absolute Gasteiger partial charge is 0.495 e. The van der Waals surface area contributed by atoms with E-state index in [2.05, 4.69) is 10.0 Å². The summed E-state index contributed by atoms with van der Waals surface area (Å²) in [7, 11) is -2.48. The molecular formula is C17H19ClN2O4S2. The van der Waals surface area contributed by atoms with Crippen LogP contribution in [0.4, 0.5) is 5.69 Å². The standard InChI is InChI=1S/C17H19ClN2O4S2/c1-11(17(21)19-12-5-4-6-13(9-12)25-3)20-26(22,23)14-7-8-16(24-2)15(18)10-14/h4-11,20H,1-3H3,(H,19,21)/t11-/m1/s1. The molecule has 6 nitrogen and oxygen atoms in total. The number of thioether (sulfide) groups is 1.